The zero-order valence-electron chi connectivity index (χ0n) is 17.1. The van der Waals surface area contributed by atoms with Gasteiger partial charge in [0.25, 0.3) is 0 Å². The summed E-state index contributed by atoms with van der Waals surface area (Å²) in [6.07, 6.45) is 4.39. The number of nitrogens with zero attached hydrogens (tertiary/aromatic N) is 1. The van der Waals surface area contributed by atoms with Gasteiger partial charge < -0.3 is 15.3 Å². The van der Waals surface area contributed by atoms with E-state index < -0.39 is 36.8 Å². The normalized spacial score (nSPS) is 15.6. The van der Waals surface area contributed by atoms with Crippen molar-refractivity contribution >= 4 is 29.4 Å². The number of halogens is 1. The molecule has 0 radical (unpaired) electrons. The van der Waals surface area contributed by atoms with Gasteiger partial charge in [-0.05, 0) is 31.1 Å². The minimum absolute atomic E-state index is 0.0197. The standard InChI is InChI=1S/C22H27FN2O4S/c1-3-4-8-16-13-25(22(16)15(2)30-17-9-6-5-7-10-17)14-20(27)24-18(11-21(28)29)19(26)12-23/h4-10,15,18H,3,11-14H2,1-2H3,(H,24,27)(H,28,29)/b8-4-/t15-,18?/m1/s1. The molecule has 0 saturated heterocycles. The number of alkyl halides is 1. The highest BCUT2D eigenvalue weighted by molar-refractivity contribution is 8.00. The van der Waals surface area contributed by atoms with Crippen molar-refractivity contribution in [2.24, 2.45) is 0 Å². The van der Waals surface area contributed by atoms with Crippen molar-refractivity contribution in [2.45, 2.75) is 42.9 Å². The molecular formula is C22H27FN2O4S. The van der Waals surface area contributed by atoms with Gasteiger partial charge in [0.15, 0.2) is 5.78 Å². The predicted molar refractivity (Wildman–Crippen MR) is 115 cm³/mol. The summed E-state index contributed by atoms with van der Waals surface area (Å²) < 4.78 is 12.7. The second kappa shape index (κ2) is 11.5. The Labute approximate surface area is 180 Å². The van der Waals surface area contributed by atoms with Crippen LogP contribution in [0.3, 0.4) is 0 Å². The second-order valence-electron chi connectivity index (χ2n) is 6.97. The first kappa shape index (κ1) is 23.7. The number of thioether (sulfide) groups is 1. The maximum Gasteiger partial charge on any atom is 0.305 e. The van der Waals surface area contributed by atoms with E-state index in [0.29, 0.717) is 6.54 Å². The van der Waals surface area contributed by atoms with Crippen LogP contribution in [0.15, 0.2) is 58.6 Å². The molecule has 2 atom stereocenters. The molecule has 6 nitrogen and oxygen atoms in total. The number of carbonyl (C=O) groups excluding carboxylic acids is 2. The van der Waals surface area contributed by atoms with E-state index in [4.69, 9.17) is 5.11 Å². The van der Waals surface area contributed by atoms with E-state index in [1.807, 2.05) is 42.2 Å². The summed E-state index contributed by atoms with van der Waals surface area (Å²) in [6, 6.07) is 8.59. The molecule has 1 heterocycles. The van der Waals surface area contributed by atoms with Gasteiger partial charge in [0.05, 0.1) is 13.0 Å². The van der Waals surface area contributed by atoms with Gasteiger partial charge in [-0.3, -0.25) is 14.4 Å². The molecule has 0 saturated carbocycles. The quantitative estimate of drug-likeness (QED) is 0.492. The first-order valence-electron chi connectivity index (χ1n) is 9.81. The van der Waals surface area contributed by atoms with Crippen LogP contribution in [0.4, 0.5) is 4.39 Å². The summed E-state index contributed by atoms with van der Waals surface area (Å²) in [5.74, 6) is -2.72. The first-order chi connectivity index (χ1) is 14.3. The molecule has 1 aromatic carbocycles. The Morgan fingerprint density at radius 2 is 2.00 bits per heavy atom. The van der Waals surface area contributed by atoms with Crippen LogP contribution < -0.4 is 5.32 Å². The van der Waals surface area contributed by atoms with E-state index in [2.05, 4.69) is 24.4 Å². The number of carboxylic acids is 1. The zero-order chi connectivity index (χ0) is 22.1. The molecule has 1 aromatic rings. The maximum absolute atomic E-state index is 12.7. The Hall–Kier alpha value is -2.61. The molecule has 0 bridgehead atoms. The summed E-state index contributed by atoms with van der Waals surface area (Å²) in [7, 11) is 0. The molecule has 1 amide bonds. The maximum atomic E-state index is 12.7. The number of hydrogen-bond acceptors (Lipinski definition) is 5. The number of carboxylic acid groups (broad SMARTS) is 1. The highest BCUT2D eigenvalue weighted by Crippen LogP contribution is 2.36. The number of carbonyl (C=O) groups is 3. The number of Topliss-reactive ketones (excluding diaryl/α,β-unsaturated/α-hetero) is 1. The van der Waals surface area contributed by atoms with E-state index in [9.17, 15) is 18.8 Å². The van der Waals surface area contributed by atoms with Crippen LogP contribution >= 0.6 is 11.8 Å². The van der Waals surface area contributed by atoms with Crippen LogP contribution in [-0.4, -0.2) is 58.7 Å². The smallest absolute Gasteiger partial charge is 0.305 e. The Morgan fingerprint density at radius 1 is 1.30 bits per heavy atom. The molecular weight excluding hydrogens is 407 g/mol. The number of amides is 1. The van der Waals surface area contributed by atoms with Gasteiger partial charge in [0.2, 0.25) is 5.91 Å². The second-order valence-corrected chi connectivity index (χ2v) is 8.38. The van der Waals surface area contributed by atoms with E-state index in [0.717, 1.165) is 22.6 Å². The Morgan fingerprint density at radius 3 is 2.60 bits per heavy atom. The third kappa shape index (κ3) is 6.73. The van der Waals surface area contributed by atoms with Crippen LogP contribution in [0.2, 0.25) is 0 Å². The minimum atomic E-state index is -1.36. The van der Waals surface area contributed by atoms with Gasteiger partial charge in [0.1, 0.15) is 12.7 Å². The lowest BCUT2D eigenvalue weighted by molar-refractivity contribution is -0.140. The van der Waals surface area contributed by atoms with Gasteiger partial charge >= 0.3 is 5.97 Å². The summed E-state index contributed by atoms with van der Waals surface area (Å²) in [4.78, 5) is 38.0. The lowest BCUT2D eigenvalue weighted by atomic mass is 10.0. The van der Waals surface area contributed by atoms with Crippen molar-refractivity contribution in [1.29, 1.82) is 0 Å². The molecule has 0 aromatic heterocycles. The summed E-state index contributed by atoms with van der Waals surface area (Å²) in [6.45, 7) is 3.36. The Bertz CT molecular complexity index is 826. The van der Waals surface area contributed by atoms with Gasteiger partial charge in [-0.1, -0.05) is 37.3 Å². The molecule has 0 fully saturated rings. The summed E-state index contributed by atoms with van der Waals surface area (Å²) >= 11 is 1.68. The van der Waals surface area contributed by atoms with Crippen LogP contribution in [0.5, 0.6) is 0 Å². The highest BCUT2D eigenvalue weighted by Gasteiger charge is 2.32. The minimum Gasteiger partial charge on any atom is -0.481 e. The molecule has 0 aliphatic carbocycles. The van der Waals surface area contributed by atoms with Crippen LogP contribution in [0, 0.1) is 0 Å². The van der Waals surface area contributed by atoms with Gasteiger partial charge in [-0.15, -0.1) is 11.8 Å². The fourth-order valence-electron chi connectivity index (χ4n) is 3.23. The largest absolute Gasteiger partial charge is 0.481 e. The molecule has 1 aliphatic rings. The van der Waals surface area contributed by atoms with Crippen LogP contribution in [-0.2, 0) is 14.4 Å². The van der Waals surface area contributed by atoms with Crippen LogP contribution in [0.25, 0.3) is 0 Å². The van der Waals surface area contributed by atoms with Gasteiger partial charge in [-0.2, -0.15) is 0 Å². The van der Waals surface area contributed by atoms with Crippen molar-refractivity contribution in [3.8, 4) is 0 Å². The molecule has 2 rings (SSSR count). The van der Waals surface area contributed by atoms with E-state index in [1.54, 1.807) is 11.8 Å². The van der Waals surface area contributed by atoms with Gasteiger partial charge in [0, 0.05) is 22.4 Å². The molecule has 162 valence electrons. The third-order valence-electron chi connectivity index (χ3n) is 4.60. The molecule has 0 spiro atoms. The average Bonchev–Trinajstić information content (AvgIpc) is 2.69. The first-order valence-corrected chi connectivity index (χ1v) is 10.7. The fraction of sp³-hybridized carbons (Fsp3) is 0.409. The van der Waals surface area contributed by atoms with E-state index in [1.165, 1.54) is 0 Å². The number of ketones is 1. The summed E-state index contributed by atoms with van der Waals surface area (Å²) in [5.41, 5.74) is 2.16. The number of rotatable bonds is 12. The monoisotopic (exact) mass is 434 g/mol. The number of benzene rings is 1. The number of hydrogen-bond donors (Lipinski definition) is 2. The molecule has 30 heavy (non-hydrogen) atoms. The number of nitrogens with one attached hydrogen (secondary N) is 1. The van der Waals surface area contributed by atoms with Crippen LogP contribution in [0.1, 0.15) is 26.7 Å². The molecule has 2 N–H and O–H groups in total. The zero-order valence-corrected chi connectivity index (χ0v) is 18.0. The lowest BCUT2D eigenvalue weighted by Gasteiger charge is -2.40. The topological polar surface area (TPSA) is 86.7 Å². The van der Waals surface area contributed by atoms with Crippen molar-refractivity contribution in [3.05, 3.63) is 53.8 Å². The number of aliphatic carboxylic acids is 1. The van der Waals surface area contributed by atoms with E-state index in [-0.39, 0.29) is 11.8 Å². The molecule has 1 unspecified atom stereocenters. The summed E-state index contributed by atoms with van der Waals surface area (Å²) in [5, 5.41) is 11.4. The lowest BCUT2D eigenvalue weighted by Crippen LogP contribution is -2.50. The number of allylic oxidation sites excluding steroid dienone is 1. The molecule has 1 aliphatic heterocycles. The average molecular weight is 435 g/mol. The van der Waals surface area contributed by atoms with Crippen molar-refractivity contribution in [1.82, 2.24) is 10.2 Å². The van der Waals surface area contributed by atoms with Crippen molar-refractivity contribution in [3.63, 3.8) is 0 Å². The molecule has 8 heteroatoms. The Balaban J connectivity index is 2.08. The van der Waals surface area contributed by atoms with Crippen molar-refractivity contribution in [2.75, 3.05) is 19.8 Å². The SMILES string of the molecule is CC/C=C\C1=C([C@@H](C)Sc2ccccc2)N(CC(=O)NC(CC(=O)O)C(=O)CF)C1. The highest BCUT2D eigenvalue weighted by atomic mass is 32.2. The fourth-order valence-corrected chi connectivity index (χ4v) is 4.36. The predicted octanol–water partition coefficient (Wildman–Crippen LogP) is 3.20. The third-order valence-corrected chi connectivity index (χ3v) is 5.72. The Kier molecular flexibility index (Phi) is 9.11. The van der Waals surface area contributed by atoms with E-state index >= 15 is 0 Å². The van der Waals surface area contributed by atoms with Crippen molar-refractivity contribution < 1.29 is 23.9 Å². The van der Waals surface area contributed by atoms with Gasteiger partial charge in [-0.25, -0.2) is 4.39 Å².